The third kappa shape index (κ3) is 2.63. The largest absolute Gasteiger partial charge is 0.465 e. The van der Waals surface area contributed by atoms with Crippen LogP contribution in [-0.2, 0) is 4.74 Å². The van der Waals surface area contributed by atoms with Crippen LogP contribution in [-0.4, -0.2) is 42.4 Å². The summed E-state index contributed by atoms with van der Waals surface area (Å²) < 4.78 is 4.70. The molecule has 0 saturated heterocycles. The van der Waals surface area contributed by atoms with Crippen molar-refractivity contribution in [3.8, 4) is 0 Å². The maximum absolute atomic E-state index is 11.6. The molecule has 1 aromatic heterocycles. The molecule has 19 heavy (non-hydrogen) atoms. The number of nitrogens with two attached hydrogens (primary N) is 1. The Morgan fingerprint density at radius 1 is 1.63 bits per heavy atom. The zero-order valence-corrected chi connectivity index (χ0v) is 11.0. The van der Waals surface area contributed by atoms with Crippen LogP contribution in [0.4, 0.5) is 11.5 Å². The lowest BCUT2D eigenvalue weighted by molar-refractivity contribution is 0.0602. The SMILES string of the molecule is COC(=O)c1ccnc(N(CCO)C2CCC2)c1N. The van der Waals surface area contributed by atoms with Crippen molar-refractivity contribution in [3.63, 3.8) is 0 Å². The summed E-state index contributed by atoms with van der Waals surface area (Å²) in [6, 6.07) is 1.89. The molecule has 3 N–H and O–H groups in total. The number of carbonyl (C=O) groups is 1. The molecule has 0 aliphatic heterocycles. The highest BCUT2D eigenvalue weighted by Crippen LogP contribution is 2.32. The summed E-state index contributed by atoms with van der Waals surface area (Å²) in [6.07, 6.45) is 4.83. The molecule has 0 bridgehead atoms. The normalized spacial score (nSPS) is 14.8. The van der Waals surface area contributed by atoms with E-state index in [9.17, 15) is 9.90 Å². The van der Waals surface area contributed by atoms with Crippen molar-refractivity contribution in [1.82, 2.24) is 4.98 Å². The summed E-state index contributed by atoms with van der Waals surface area (Å²) in [5.74, 6) is 0.0837. The monoisotopic (exact) mass is 265 g/mol. The number of hydrogen-bond donors (Lipinski definition) is 2. The Labute approximate surface area is 112 Å². The molecule has 1 aliphatic carbocycles. The van der Waals surface area contributed by atoms with E-state index in [-0.39, 0.29) is 6.61 Å². The number of nitrogens with zero attached hydrogens (tertiary/aromatic N) is 2. The predicted molar refractivity (Wildman–Crippen MR) is 72.1 cm³/mol. The van der Waals surface area contributed by atoms with E-state index >= 15 is 0 Å². The van der Waals surface area contributed by atoms with Crippen LogP contribution in [0, 0.1) is 0 Å². The standard InChI is InChI=1S/C13H19N3O3/c1-19-13(18)10-5-6-15-12(11(10)14)16(7-8-17)9-3-2-4-9/h5-6,9,17H,2-4,7-8,14H2,1H3. The van der Waals surface area contributed by atoms with E-state index < -0.39 is 5.97 Å². The molecule has 0 radical (unpaired) electrons. The third-order valence-corrected chi connectivity index (χ3v) is 3.50. The molecule has 1 saturated carbocycles. The van der Waals surface area contributed by atoms with Crippen LogP contribution in [0.2, 0.25) is 0 Å². The van der Waals surface area contributed by atoms with Gasteiger partial charge in [0, 0.05) is 18.8 Å². The third-order valence-electron chi connectivity index (χ3n) is 3.50. The quantitative estimate of drug-likeness (QED) is 0.766. The highest BCUT2D eigenvalue weighted by molar-refractivity contribution is 5.97. The second kappa shape index (κ2) is 5.88. The van der Waals surface area contributed by atoms with Crippen LogP contribution in [0.1, 0.15) is 29.6 Å². The fraction of sp³-hybridized carbons (Fsp3) is 0.538. The fourth-order valence-electron chi connectivity index (χ4n) is 2.25. The highest BCUT2D eigenvalue weighted by atomic mass is 16.5. The van der Waals surface area contributed by atoms with Crippen molar-refractivity contribution in [1.29, 1.82) is 0 Å². The average Bonchev–Trinajstić information content (AvgIpc) is 2.36. The van der Waals surface area contributed by atoms with Crippen molar-refractivity contribution < 1.29 is 14.6 Å². The average molecular weight is 265 g/mol. The lowest BCUT2D eigenvalue weighted by Gasteiger charge is -2.38. The van der Waals surface area contributed by atoms with Crippen molar-refractivity contribution in [2.24, 2.45) is 0 Å². The van der Waals surface area contributed by atoms with Crippen LogP contribution < -0.4 is 10.6 Å². The second-order valence-electron chi connectivity index (χ2n) is 4.59. The number of methoxy groups -OCH3 is 1. The van der Waals surface area contributed by atoms with E-state index in [4.69, 9.17) is 10.5 Å². The van der Waals surface area contributed by atoms with Gasteiger partial charge < -0.3 is 20.5 Å². The predicted octanol–water partition coefficient (Wildman–Crippen LogP) is 0.802. The number of ether oxygens (including phenoxy) is 1. The van der Waals surface area contributed by atoms with E-state index in [1.54, 1.807) is 12.3 Å². The number of aliphatic hydroxyl groups is 1. The zero-order chi connectivity index (χ0) is 13.8. The maximum atomic E-state index is 11.6. The van der Waals surface area contributed by atoms with E-state index in [0.29, 0.717) is 29.7 Å². The van der Waals surface area contributed by atoms with Crippen molar-refractivity contribution in [3.05, 3.63) is 17.8 Å². The number of rotatable bonds is 5. The first-order valence-electron chi connectivity index (χ1n) is 6.39. The molecule has 2 rings (SSSR count). The smallest absolute Gasteiger partial charge is 0.340 e. The van der Waals surface area contributed by atoms with E-state index in [2.05, 4.69) is 4.98 Å². The van der Waals surface area contributed by atoms with Gasteiger partial charge in [0.2, 0.25) is 0 Å². The molecule has 104 valence electrons. The van der Waals surface area contributed by atoms with Crippen LogP contribution >= 0.6 is 0 Å². The van der Waals surface area contributed by atoms with E-state index in [0.717, 1.165) is 12.8 Å². The molecule has 1 heterocycles. The summed E-state index contributed by atoms with van der Waals surface area (Å²) in [6.45, 7) is 0.493. The van der Waals surface area contributed by atoms with Gasteiger partial charge in [-0.3, -0.25) is 0 Å². The molecule has 1 aliphatic rings. The van der Waals surface area contributed by atoms with E-state index in [1.165, 1.54) is 13.5 Å². The van der Waals surface area contributed by atoms with Gasteiger partial charge in [0.1, 0.15) is 0 Å². The zero-order valence-electron chi connectivity index (χ0n) is 11.0. The molecule has 6 nitrogen and oxygen atoms in total. The minimum absolute atomic E-state index is 0.0278. The Bertz CT molecular complexity index is 460. The first kappa shape index (κ1) is 13.6. The Balaban J connectivity index is 2.33. The fourth-order valence-corrected chi connectivity index (χ4v) is 2.25. The Hall–Kier alpha value is -1.82. The summed E-state index contributed by atoms with van der Waals surface area (Å²) >= 11 is 0. The maximum Gasteiger partial charge on any atom is 0.340 e. The Kier molecular flexibility index (Phi) is 4.21. The van der Waals surface area contributed by atoms with Gasteiger partial charge in [0.15, 0.2) is 5.82 Å². The highest BCUT2D eigenvalue weighted by Gasteiger charge is 2.28. The molecule has 6 heteroatoms. The number of esters is 1. The number of aromatic nitrogens is 1. The van der Waals surface area contributed by atoms with Crippen LogP contribution in [0.25, 0.3) is 0 Å². The Morgan fingerprint density at radius 2 is 2.37 bits per heavy atom. The number of pyridine rings is 1. The lowest BCUT2D eigenvalue weighted by Crippen LogP contribution is -2.43. The summed E-state index contributed by atoms with van der Waals surface area (Å²) in [5.41, 5.74) is 6.65. The molecule has 0 spiro atoms. The molecule has 0 unspecified atom stereocenters. The van der Waals surface area contributed by atoms with Crippen LogP contribution in [0.15, 0.2) is 12.3 Å². The molecule has 1 fully saturated rings. The molecule has 0 amide bonds. The van der Waals surface area contributed by atoms with Crippen LogP contribution in [0.5, 0.6) is 0 Å². The van der Waals surface area contributed by atoms with Gasteiger partial charge in [0.25, 0.3) is 0 Å². The number of carbonyl (C=O) groups excluding carboxylic acids is 1. The lowest BCUT2D eigenvalue weighted by atomic mass is 9.91. The van der Waals surface area contributed by atoms with Crippen LogP contribution in [0.3, 0.4) is 0 Å². The van der Waals surface area contributed by atoms with Gasteiger partial charge in [-0.2, -0.15) is 0 Å². The Morgan fingerprint density at radius 3 is 2.89 bits per heavy atom. The number of nitrogen functional groups attached to an aromatic ring is 1. The van der Waals surface area contributed by atoms with Crippen molar-refractivity contribution in [2.75, 3.05) is 30.9 Å². The summed E-state index contributed by atoms with van der Waals surface area (Å²) in [4.78, 5) is 17.9. The summed E-state index contributed by atoms with van der Waals surface area (Å²) in [5, 5.41) is 9.18. The minimum atomic E-state index is -0.473. The first-order valence-corrected chi connectivity index (χ1v) is 6.39. The van der Waals surface area contributed by atoms with Crippen molar-refractivity contribution >= 4 is 17.5 Å². The van der Waals surface area contributed by atoms with Gasteiger partial charge in [-0.1, -0.05) is 0 Å². The number of aliphatic hydroxyl groups excluding tert-OH is 1. The van der Waals surface area contributed by atoms with Crippen molar-refractivity contribution in [2.45, 2.75) is 25.3 Å². The summed E-state index contributed by atoms with van der Waals surface area (Å²) in [7, 11) is 1.32. The molecule has 1 aromatic rings. The number of hydrogen-bond acceptors (Lipinski definition) is 6. The molecule has 0 aromatic carbocycles. The molecular formula is C13H19N3O3. The second-order valence-corrected chi connectivity index (χ2v) is 4.59. The molecular weight excluding hydrogens is 246 g/mol. The van der Waals surface area contributed by atoms with Gasteiger partial charge in [-0.25, -0.2) is 9.78 Å². The topological polar surface area (TPSA) is 88.7 Å². The first-order chi connectivity index (χ1) is 9.19. The number of anilines is 2. The van der Waals surface area contributed by atoms with Gasteiger partial charge in [-0.15, -0.1) is 0 Å². The van der Waals surface area contributed by atoms with Gasteiger partial charge in [-0.05, 0) is 25.3 Å². The van der Waals surface area contributed by atoms with Gasteiger partial charge in [0.05, 0.1) is 25.0 Å². The van der Waals surface area contributed by atoms with E-state index in [1.807, 2.05) is 4.90 Å². The minimum Gasteiger partial charge on any atom is -0.465 e. The molecule has 0 atom stereocenters. The van der Waals surface area contributed by atoms with Gasteiger partial charge >= 0.3 is 5.97 Å².